The molecule has 5 heteroatoms. The number of hydrogen-bond acceptors (Lipinski definition) is 2. The van der Waals surface area contributed by atoms with Crippen molar-refractivity contribution in [2.75, 3.05) is 20.8 Å². The highest BCUT2D eigenvalue weighted by molar-refractivity contribution is 14.0. The van der Waals surface area contributed by atoms with Gasteiger partial charge in [0.1, 0.15) is 0 Å². The van der Waals surface area contributed by atoms with Gasteiger partial charge in [0.15, 0.2) is 5.96 Å². The number of rotatable bonds is 5. The lowest BCUT2D eigenvalue weighted by molar-refractivity contribution is 0.179. The molecular weight excluding hydrogens is 365 g/mol. The lowest BCUT2D eigenvalue weighted by atomic mass is 10.1. The van der Waals surface area contributed by atoms with Crippen LogP contribution in [0.2, 0.25) is 0 Å². The molecule has 0 spiro atoms. The van der Waals surface area contributed by atoms with Crippen LogP contribution in [-0.4, -0.2) is 38.8 Å². The molecule has 20 heavy (non-hydrogen) atoms. The van der Waals surface area contributed by atoms with E-state index >= 15 is 0 Å². The Morgan fingerprint density at radius 3 is 2.70 bits per heavy atom. The third kappa shape index (κ3) is 4.94. The van der Waals surface area contributed by atoms with Crippen molar-refractivity contribution >= 4 is 29.9 Å². The van der Waals surface area contributed by atoms with Gasteiger partial charge < -0.3 is 15.4 Å². The summed E-state index contributed by atoms with van der Waals surface area (Å²) >= 11 is 0. The van der Waals surface area contributed by atoms with Crippen LogP contribution >= 0.6 is 24.0 Å². The molecule has 1 saturated carbocycles. The number of nitrogens with zero attached hydrogens (tertiary/aromatic N) is 1. The molecule has 1 fully saturated rings. The van der Waals surface area contributed by atoms with Crippen molar-refractivity contribution < 1.29 is 4.74 Å². The highest BCUT2D eigenvalue weighted by Crippen LogP contribution is 2.40. The fourth-order valence-electron chi connectivity index (χ4n) is 2.29. The van der Waals surface area contributed by atoms with Crippen molar-refractivity contribution in [2.24, 2.45) is 4.99 Å². The van der Waals surface area contributed by atoms with Crippen molar-refractivity contribution in [3.05, 3.63) is 35.9 Å². The van der Waals surface area contributed by atoms with Crippen LogP contribution < -0.4 is 10.6 Å². The Kier molecular flexibility index (Phi) is 7.29. The van der Waals surface area contributed by atoms with E-state index in [9.17, 15) is 0 Å². The first-order valence-corrected chi connectivity index (χ1v) is 6.78. The zero-order chi connectivity index (χ0) is 13.7. The van der Waals surface area contributed by atoms with Gasteiger partial charge in [-0.25, -0.2) is 0 Å². The van der Waals surface area contributed by atoms with E-state index in [0.29, 0.717) is 18.6 Å². The van der Waals surface area contributed by atoms with Gasteiger partial charge in [0.25, 0.3) is 0 Å². The highest BCUT2D eigenvalue weighted by Gasteiger charge is 2.38. The number of methoxy groups -OCH3 is 1. The SMILES string of the molecule is CN=C(NC(C)COC)NC1CC1c1ccccc1.I. The molecule has 0 aromatic heterocycles. The van der Waals surface area contributed by atoms with E-state index in [1.807, 2.05) is 0 Å². The van der Waals surface area contributed by atoms with Gasteiger partial charge in [-0.05, 0) is 18.9 Å². The maximum absolute atomic E-state index is 5.11. The summed E-state index contributed by atoms with van der Waals surface area (Å²) in [6.07, 6.45) is 1.17. The van der Waals surface area contributed by atoms with Crippen LogP contribution in [0.25, 0.3) is 0 Å². The lowest BCUT2D eigenvalue weighted by Crippen LogP contribution is -2.45. The van der Waals surface area contributed by atoms with Gasteiger partial charge in [-0.3, -0.25) is 4.99 Å². The fourth-order valence-corrected chi connectivity index (χ4v) is 2.29. The van der Waals surface area contributed by atoms with Crippen LogP contribution in [0.3, 0.4) is 0 Å². The normalized spacial score (nSPS) is 22.6. The van der Waals surface area contributed by atoms with Crippen LogP contribution in [0.15, 0.2) is 35.3 Å². The number of ether oxygens (including phenoxy) is 1. The summed E-state index contributed by atoms with van der Waals surface area (Å²) in [7, 11) is 3.51. The first-order valence-electron chi connectivity index (χ1n) is 6.78. The molecule has 1 aliphatic carbocycles. The predicted octanol–water partition coefficient (Wildman–Crippen LogP) is 2.36. The summed E-state index contributed by atoms with van der Waals surface area (Å²) in [4.78, 5) is 4.26. The van der Waals surface area contributed by atoms with Crippen LogP contribution in [-0.2, 0) is 4.74 Å². The second-order valence-corrected chi connectivity index (χ2v) is 5.08. The second-order valence-electron chi connectivity index (χ2n) is 5.08. The Bertz CT molecular complexity index is 424. The average molecular weight is 389 g/mol. The zero-order valence-corrected chi connectivity index (χ0v) is 14.6. The van der Waals surface area contributed by atoms with Gasteiger partial charge in [-0.1, -0.05) is 30.3 Å². The van der Waals surface area contributed by atoms with Gasteiger partial charge in [0, 0.05) is 32.2 Å². The minimum atomic E-state index is 0. The topological polar surface area (TPSA) is 45.7 Å². The highest BCUT2D eigenvalue weighted by atomic mass is 127. The van der Waals surface area contributed by atoms with Crippen molar-refractivity contribution in [1.82, 2.24) is 10.6 Å². The van der Waals surface area contributed by atoms with Crippen LogP contribution in [0.1, 0.15) is 24.8 Å². The van der Waals surface area contributed by atoms with Gasteiger partial charge in [0.05, 0.1) is 6.61 Å². The predicted molar refractivity (Wildman–Crippen MR) is 94.0 cm³/mol. The van der Waals surface area contributed by atoms with Gasteiger partial charge in [-0.2, -0.15) is 0 Å². The maximum atomic E-state index is 5.11. The molecule has 1 aromatic rings. The van der Waals surface area contributed by atoms with Crippen molar-refractivity contribution in [2.45, 2.75) is 31.3 Å². The molecule has 1 aliphatic rings. The zero-order valence-electron chi connectivity index (χ0n) is 12.3. The first-order chi connectivity index (χ1) is 9.24. The Labute approximate surface area is 138 Å². The fraction of sp³-hybridized carbons (Fsp3) is 0.533. The van der Waals surface area contributed by atoms with Crippen LogP contribution in [0, 0.1) is 0 Å². The summed E-state index contributed by atoms with van der Waals surface area (Å²) in [5.74, 6) is 1.46. The van der Waals surface area contributed by atoms with E-state index in [2.05, 4.69) is 52.9 Å². The van der Waals surface area contributed by atoms with Crippen molar-refractivity contribution in [3.63, 3.8) is 0 Å². The first kappa shape index (κ1) is 17.2. The van der Waals surface area contributed by atoms with Gasteiger partial charge >= 0.3 is 0 Å². The molecule has 4 nitrogen and oxygen atoms in total. The number of aliphatic imine (C=N–C) groups is 1. The third-order valence-corrected chi connectivity index (χ3v) is 3.36. The summed E-state index contributed by atoms with van der Waals surface area (Å²) < 4.78 is 5.11. The standard InChI is InChI=1S/C15H23N3O.HI/c1-11(10-19-3)17-15(16-2)18-14-9-13(14)12-7-5-4-6-8-12;/h4-8,11,13-14H,9-10H2,1-3H3,(H2,16,17,18);1H. The molecule has 0 amide bonds. The largest absolute Gasteiger partial charge is 0.383 e. The molecule has 0 saturated heterocycles. The number of halogens is 1. The molecule has 0 aliphatic heterocycles. The van der Waals surface area contributed by atoms with Crippen molar-refractivity contribution in [3.8, 4) is 0 Å². The van der Waals surface area contributed by atoms with E-state index in [1.54, 1.807) is 14.2 Å². The summed E-state index contributed by atoms with van der Waals surface area (Å²) in [6.45, 7) is 2.76. The third-order valence-electron chi connectivity index (χ3n) is 3.36. The second kappa shape index (κ2) is 8.46. The Hall–Kier alpha value is -0.820. The monoisotopic (exact) mass is 389 g/mol. The molecule has 3 unspecified atom stereocenters. The average Bonchev–Trinajstić information content (AvgIpc) is 3.18. The van der Waals surface area contributed by atoms with Crippen molar-refractivity contribution in [1.29, 1.82) is 0 Å². The molecule has 0 bridgehead atoms. The minimum Gasteiger partial charge on any atom is -0.383 e. The quantitative estimate of drug-likeness (QED) is 0.462. The number of nitrogens with one attached hydrogen (secondary N) is 2. The molecule has 3 atom stereocenters. The maximum Gasteiger partial charge on any atom is 0.191 e. The Balaban J connectivity index is 0.00000200. The number of guanidine groups is 1. The van der Waals surface area contributed by atoms with Gasteiger partial charge in [0.2, 0.25) is 0 Å². The molecule has 0 heterocycles. The van der Waals surface area contributed by atoms with E-state index < -0.39 is 0 Å². The van der Waals surface area contributed by atoms with E-state index in [-0.39, 0.29) is 30.0 Å². The van der Waals surface area contributed by atoms with E-state index in [0.717, 1.165) is 5.96 Å². The number of benzene rings is 1. The van der Waals surface area contributed by atoms with Crippen LogP contribution in [0.4, 0.5) is 0 Å². The van der Waals surface area contributed by atoms with E-state index in [1.165, 1.54) is 12.0 Å². The van der Waals surface area contributed by atoms with Crippen LogP contribution in [0.5, 0.6) is 0 Å². The summed E-state index contributed by atoms with van der Waals surface area (Å²) in [6, 6.07) is 11.4. The summed E-state index contributed by atoms with van der Waals surface area (Å²) in [5, 5.41) is 6.79. The molecule has 2 rings (SSSR count). The van der Waals surface area contributed by atoms with E-state index in [4.69, 9.17) is 4.74 Å². The minimum absolute atomic E-state index is 0. The molecule has 1 aromatic carbocycles. The Morgan fingerprint density at radius 1 is 1.40 bits per heavy atom. The molecule has 2 N–H and O–H groups in total. The Morgan fingerprint density at radius 2 is 2.10 bits per heavy atom. The smallest absolute Gasteiger partial charge is 0.191 e. The lowest BCUT2D eigenvalue weighted by Gasteiger charge is -2.17. The molecular formula is C15H24IN3O. The number of hydrogen-bond donors (Lipinski definition) is 2. The molecule has 112 valence electrons. The van der Waals surface area contributed by atoms with Gasteiger partial charge in [-0.15, -0.1) is 24.0 Å². The molecule has 0 radical (unpaired) electrons. The summed E-state index contributed by atoms with van der Waals surface area (Å²) in [5.41, 5.74) is 1.40.